The van der Waals surface area contributed by atoms with Gasteiger partial charge in [0, 0.05) is 12.8 Å². The third-order valence-corrected chi connectivity index (χ3v) is 5.18. The van der Waals surface area contributed by atoms with Gasteiger partial charge in [-0.15, -0.1) is 0 Å². The van der Waals surface area contributed by atoms with Gasteiger partial charge in [-0.3, -0.25) is 9.59 Å². The largest absolute Gasteiger partial charge is 0.490 e. The minimum atomic E-state index is -1.04. The average Bonchev–Trinajstić information content (AvgIpc) is 2.76. The summed E-state index contributed by atoms with van der Waals surface area (Å²) in [4.78, 5) is 33.1. The van der Waals surface area contributed by atoms with Gasteiger partial charge in [0.2, 0.25) is 5.79 Å². The number of benzene rings is 1. The second-order valence-electron chi connectivity index (χ2n) is 7.47. The highest BCUT2D eigenvalue weighted by Gasteiger charge is 2.41. The van der Waals surface area contributed by atoms with Crippen LogP contribution < -0.4 is 4.74 Å². The number of ether oxygens (including phenoxy) is 3. The molecule has 1 aliphatic carbocycles. The lowest BCUT2D eigenvalue weighted by atomic mass is 9.94. The van der Waals surface area contributed by atoms with Gasteiger partial charge in [0.1, 0.15) is 25.1 Å². The molecular weight excluding hydrogens is 392 g/mol. The van der Waals surface area contributed by atoms with Crippen molar-refractivity contribution < 1.29 is 38.7 Å². The number of carboxylic acids is 1. The van der Waals surface area contributed by atoms with Crippen LogP contribution in [0, 0.1) is 0 Å². The van der Waals surface area contributed by atoms with Crippen molar-refractivity contribution in [2.75, 3.05) is 19.8 Å². The molecular formula is C22H28O8. The highest BCUT2D eigenvalue weighted by Crippen LogP contribution is 2.37. The fraction of sp³-hybridized carbons (Fsp3) is 0.545. The van der Waals surface area contributed by atoms with Crippen molar-refractivity contribution in [1.29, 1.82) is 0 Å². The van der Waals surface area contributed by atoms with E-state index in [4.69, 9.17) is 29.1 Å². The fourth-order valence-electron chi connectivity index (χ4n) is 3.47. The van der Waals surface area contributed by atoms with E-state index >= 15 is 0 Å². The van der Waals surface area contributed by atoms with E-state index < -0.39 is 23.8 Å². The maximum atomic E-state index is 11.4. The summed E-state index contributed by atoms with van der Waals surface area (Å²) in [7, 11) is 0. The summed E-state index contributed by atoms with van der Waals surface area (Å²) in [6, 6.07) is 7.34. The summed E-state index contributed by atoms with van der Waals surface area (Å²) in [5.41, 5.74) is 1.56. The van der Waals surface area contributed by atoms with Gasteiger partial charge >= 0.3 is 11.9 Å². The van der Waals surface area contributed by atoms with Crippen LogP contribution in [0.3, 0.4) is 0 Å². The zero-order valence-corrected chi connectivity index (χ0v) is 17.0. The first-order valence-corrected chi connectivity index (χ1v) is 10.3. The van der Waals surface area contributed by atoms with E-state index in [1.54, 1.807) is 6.07 Å². The Labute approximate surface area is 175 Å². The van der Waals surface area contributed by atoms with Crippen LogP contribution in [0.2, 0.25) is 0 Å². The zero-order valence-electron chi connectivity index (χ0n) is 17.0. The first-order chi connectivity index (χ1) is 14.5. The zero-order chi connectivity index (χ0) is 21.4. The van der Waals surface area contributed by atoms with Gasteiger partial charge in [0.25, 0.3) is 0 Å². The second-order valence-corrected chi connectivity index (χ2v) is 7.47. The lowest BCUT2D eigenvalue weighted by molar-refractivity contribution is -0.483. The molecule has 1 N–H and O–H groups in total. The molecule has 8 nitrogen and oxygen atoms in total. The predicted molar refractivity (Wildman–Crippen MR) is 107 cm³/mol. The number of hydrogen-bond donors (Lipinski definition) is 1. The molecule has 1 aromatic rings. The van der Waals surface area contributed by atoms with Crippen molar-refractivity contribution in [3.05, 3.63) is 36.4 Å². The molecule has 1 saturated carbocycles. The molecule has 1 unspecified atom stereocenters. The van der Waals surface area contributed by atoms with Crippen LogP contribution in [0.1, 0.15) is 50.5 Å². The van der Waals surface area contributed by atoms with Gasteiger partial charge in [0.15, 0.2) is 0 Å². The van der Waals surface area contributed by atoms with Crippen molar-refractivity contribution in [2.45, 2.75) is 56.8 Å². The average molecular weight is 420 g/mol. The Bertz CT molecular complexity index is 743. The molecule has 0 radical (unpaired) electrons. The summed E-state index contributed by atoms with van der Waals surface area (Å²) < 4.78 is 16.6. The van der Waals surface area contributed by atoms with E-state index in [0.717, 1.165) is 36.8 Å². The molecule has 1 atom stereocenters. The van der Waals surface area contributed by atoms with Crippen molar-refractivity contribution in [2.24, 2.45) is 0 Å². The van der Waals surface area contributed by atoms with Gasteiger partial charge in [-0.05, 0) is 36.1 Å². The number of hydrogen-bond acceptors (Lipinski definition) is 7. The molecule has 2 aliphatic rings. The number of rotatable bonds is 9. The number of carbonyl (C=O) groups excluding carboxylic acids is 1. The fourth-order valence-corrected chi connectivity index (χ4v) is 3.47. The second kappa shape index (κ2) is 10.6. The van der Waals surface area contributed by atoms with E-state index in [9.17, 15) is 9.59 Å². The Morgan fingerprint density at radius 3 is 2.67 bits per heavy atom. The minimum absolute atomic E-state index is 0.0408. The Morgan fingerprint density at radius 1 is 1.17 bits per heavy atom. The number of aliphatic carboxylic acids is 1. The molecule has 0 amide bonds. The van der Waals surface area contributed by atoms with Crippen LogP contribution in [0.25, 0.3) is 5.57 Å². The predicted octanol–water partition coefficient (Wildman–Crippen LogP) is 3.49. The molecule has 2 fully saturated rings. The highest BCUT2D eigenvalue weighted by molar-refractivity contribution is 5.76. The van der Waals surface area contributed by atoms with Gasteiger partial charge in [0.05, 0.1) is 19.4 Å². The Kier molecular flexibility index (Phi) is 7.84. The van der Waals surface area contributed by atoms with Crippen molar-refractivity contribution in [3.63, 3.8) is 0 Å². The number of carbonyl (C=O) groups is 2. The van der Waals surface area contributed by atoms with E-state index in [-0.39, 0.29) is 26.1 Å². The normalized spacial score (nSPS) is 20.5. The first-order valence-electron chi connectivity index (χ1n) is 10.3. The first kappa shape index (κ1) is 22.3. The minimum Gasteiger partial charge on any atom is -0.490 e. The molecule has 1 aliphatic heterocycles. The molecule has 0 bridgehead atoms. The SMILES string of the molecule is C=C(c1cccc(OCCOC(=O)CCC(=O)O)c1)C1COC2(CCCCC2)OO1. The van der Waals surface area contributed by atoms with Crippen molar-refractivity contribution in [3.8, 4) is 5.75 Å². The molecule has 1 spiro atoms. The van der Waals surface area contributed by atoms with Crippen LogP contribution in [0.15, 0.2) is 30.8 Å². The molecule has 1 saturated heterocycles. The number of esters is 1. The third kappa shape index (κ3) is 6.29. The third-order valence-electron chi connectivity index (χ3n) is 5.18. The lowest BCUT2D eigenvalue weighted by Gasteiger charge is -2.41. The summed E-state index contributed by atoms with van der Waals surface area (Å²) in [5, 5.41) is 8.55. The Hall–Kier alpha value is -2.42. The molecule has 0 aromatic heterocycles. The number of carboxylic acid groups (broad SMARTS) is 1. The maximum absolute atomic E-state index is 11.4. The molecule has 1 heterocycles. The standard InChI is InChI=1S/C22H28O8/c1-16(19-15-28-22(30-29-19)10-3-2-4-11-22)17-6-5-7-18(14-17)26-12-13-27-21(25)9-8-20(23)24/h5-7,14,19H,1-4,8-13,15H2,(H,23,24). The van der Waals surface area contributed by atoms with Crippen LogP contribution in [-0.2, 0) is 28.8 Å². The van der Waals surface area contributed by atoms with Gasteiger partial charge in [-0.25, -0.2) is 9.78 Å². The molecule has 8 heteroatoms. The van der Waals surface area contributed by atoms with Gasteiger partial charge in [-0.2, -0.15) is 0 Å². The summed E-state index contributed by atoms with van der Waals surface area (Å²) in [5.74, 6) is -1.61. The Morgan fingerprint density at radius 2 is 1.97 bits per heavy atom. The van der Waals surface area contributed by atoms with Gasteiger partial charge in [-0.1, -0.05) is 25.1 Å². The van der Waals surface area contributed by atoms with E-state index in [1.807, 2.05) is 18.2 Å². The molecule has 30 heavy (non-hydrogen) atoms. The topological polar surface area (TPSA) is 101 Å². The lowest BCUT2D eigenvalue weighted by Crippen LogP contribution is -2.46. The summed E-state index contributed by atoms with van der Waals surface area (Å²) in [6.07, 6.45) is 4.22. The van der Waals surface area contributed by atoms with Crippen LogP contribution >= 0.6 is 0 Å². The van der Waals surface area contributed by atoms with Gasteiger partial charge < -0.3 is 19.3 Å². The quantitative estimate of drug-likeness (QED) is 0.368. The van der Waals surface area contributed by atoms with Crippen molar-refractivity contribution in [1.82, 2.24) is 0 Å². The van der Waals surface area contributed by atoms with E-state index in [0.29, 0.717) is 12.4 Å². The van der Waals surface area contributed by atoms with E-state index in [2.05, 4.69) is 6.58 Å². The Balaban J connectivity index is 1.44. The van der Waals surface area contributed by atoms with Crippen molar-refractivity contribution >= 4 is 17.5 Å². The monoisotopic (exact) mass is 420 g/mol. The van der Waals surface area contributed by atoms with Crippen LogP contribution in [0.4, 0.5) is 0 Å². The molecule has 1 aromatic carbocycles. The maximum Gasteiger partial charge on any atom is 0.306 e. The smallest absolute Gasteiger partial charge is 0.306 e. The molecule has 164 valence electrons. The summed E-state index contributed by atoms with van der Waals surface area (Å²) in [6.45, 7) is 4.70. The summed E-state index contributed by atoms with van der Waals surface area (Å²) >= 11 is 0. The highest BCUT2D eigenvalue weighted by atomic mass is 17.2. The molecule has 3 rings (SSSR count). The van der Waals surface area contributed by atoms with Crippen LogP contribution in [0.5, 0.6) is 5.75 Å². The van der Waals surface area contributed by atoms with E-state index in [1.165, 1.54) is 6.42 Å². The van der Waals surface area contributed by atoms with Crippen LogP contribution in [-0.4, -0.2) is 48.8 Å².